The fraction of sp³-hybridized carbons (Fsp3) is 0.154. The van der Waals surface area contributed by atoms with Gasteiger partial charge in [0.25, 0.3) is 11.1 Å². The van der Waals surface area contributed by atoms with E-state index in [1.54, 1.807) is 0 Å². The number of amides is 2. The van der Waals surface area contributed by atoms with Crippen molar-refractivity contribution < 1.29 is 29.3 Å². The first-order valence-electron chi connectivity index (χ1n) is 5.74. The largest absolute Gasteiger partial charge is 0.548 e. The number of thioether (sulfide) groups is 1. The van der Waals surface area contributed by atoms with Gasteiger partial charge in [-0.1, -0.05) is 6.07 Å². The Bertz CT molecular complexity index is 654. The van der Waals surface area contributed by atoms with E-state index in [1.165, 1.54) is 31.4 Å². The van der Waals surface area contributed by atoms with Crippen molar-refractivity contribution in [2.45, 2.75) is 0 Å². The second-order valence-electron chi connectivity index (χ2n) is 4.07. The lowest BCUT2D eigenvalue weighted by Crippen LogP contribution is -2.40. The van der Waals surface area contributed by atoms with E-state index >= 15 is 0 Å². The normalized spacial score (nSPS) is 16.6. The maximum atomic E-state index is 11.9. The Hall–Kier alpha value is -2.48. The van der Waals surface area contributed by atoms with E-state index in [-0.39, 0.29) is 16.4 Å². The molecular formula is C13H10NO6S-. The van der Waals surface area contributed by atoms with Gasteiger partial charge in [0.1, 0.15) is 0 Å². The van der Waals surface area contributed by atoms with E-state index < -0.39 is 23.7 Å². The smallest absolute Gasteiger partial charge is 0.293 e. The highest BCUT2D eigenvalue weighted by molar-refractivity contribution is 8.18. The molecular weight excluding hydrogens is 298 g/mol. The summed E-state index contributed by atoms with van der Waals surface area (Å²) in [6.07, 6.45) is 1.42. The minimum Gasteiger partial charge on any atom is -0.548 e. The minimum atomic E-state index is -1.51. The Morgan fingerprint density at radius 1 is 1.48 bits per heavy atom. The van der Waals surface area contributed by atoms with Crippen LogP contribution in [0.25, 0.3) is 6.08 Å². The number of hydrogen-bond acceptors (Lipinski definition) is 7. The molecule has 1 aromatic carbocycles. The number of rotatable bonds is 4. The summed E-state index contributed by atoms with van der Waals surface area (Å²) in [5.41, 5.74) is 0.531. The van der Waals surface area contributed by atoms with Crippen molar-refractivity contribution in [3.05, 3.63) is 28.7 Å². The number of nitrogens with zero attached hydrogens (tertiary/aromatic N) is 1. The van der Waals surface area contributed by atoms with Gasteiger partial charge in [0, 0.05) is 0 Å². The van der Waals surface area contributed by atoms with Crippen molar-refractivity contribution in [2.24, 2.45) is 0 Å². The van der Waals surface area contributed by atoms with Gasteiger partial charge in [-0.3, -0.25) is 14.5 Å². The molecule has 1 saturated heterocycles. The molecule has 0 spiro atoms. The second kappa shape index (κ2) is 5.88. The number of aliphatic carboxylic acids is 1. The molecule has 8 heteroatoms. The lowest BCUT2D eigenvalue weighted by Gasteiger charge is -2.12. The second-order valence-corrected chi connectivity index (χ2v) is 5.06. The lowest BCUT2D eigenvalue weighted by molar-refractivity contribution is -0.305. The predicted octanol–water partition coefficient (Wildman–Crippen LogP) is 0.187. The van der Waals surface area contributed by atoms with Crippen molar-refractivity contribution in [1.82, 2.24) is 4.90 Å². The molecule has 1 aliphatic rings. The van der Waals surface area contributed by atoms with E-state index in [0.29, 0.717) is 22.2 Å². The molecule has 0 aliphatic carbocycles. The molecule has 2 amide bonds. The number of carbonyl (C=O) groups excluding carboxylic acids is 3. The molecule has 21 heavy (non-hydrogen) atoms. The molecule has 7 nitrogen and oxygen atoms in total. The molecule has 1 fully saturated rings. The van der Waals surface area contributed by atoms with Gasteiger partial charge in [-0.25, -0.2) is 0 Å². The van der Waals surface area contributed by atoms with Gasteiger partial charge in [-0.05, 0) is 35.5 Å². The standard InChI is InChI=1S/C13H11NO6S/c1-20-9-4-7(2-3-8(9)15)5-10-12(18)14(6-11(16)17)13(19)21-10/h2-5,15H,6H2,1H3,(H,16,17)/p-1/b10-5-. The quantitative estimate of drug-likeness (QED) is 0.791. The number of benzene rings is 1. The number of aromatic hydroxyl groups is 1. The lowest BCUT2D eigenvalue weighted by atomic mass is 10.2. The van der Waals surface area contributed by atoms with Gasteiger partial charge in [-0.2, -0.15) is 0 Å². The average Bonchev–Trinajstić information content (AvgIpc) is 2.68. The molecule has 0 atom stereocenters. The number of carbonyl (C=O) groups is 3. The number of carboxylic acids is 1. The molecule has 0 saturated carbocycles. The summed E-state index contributed by atoms with van der Waals surface area (Å²) in [4.78, 5) is 34.7. The van der Waals surface area contributed by atoms with Crippen molar-refractivity contribution in [3.63, 3.8) is 0 Å². The molecule has 110 valence electrons. The van der Waals surface area contributed by atoms with Gasteiger partial charge < -0.3 is 19.7 Å². The summed E-state index contributed by atoms with van der Waals surface area (Å²) in [5.74, 6) is -2.04. The third-order valence-corrected chi connectivity index (χ3v) is 3.57. The summed E-state index contributed by atoms with van der Waals surface area (Å²) >= 11 is 0.640. The molecule has 1 heterocycles. The third kappa shape index (κ3) is 3.16. The first kappa shape index (κ1) is 14.9. The van der Waals surface area contributed by atoms with E-state index in [9.17, 15) is 24.6 Å². The van der Waals surface area contributed by atoms with Crippen molar-refractivity contribution in [3.8, 4) is 11.5 Å². The van der Waals surface area contributed by atoms with Crippen molar-refractivity contribution in [1.29, 1.82) is 0 Å². The first-order chi connectivity index (χ1) is 9.92. The van der Waals surface area contributed by atoms with Gasteiger partial charge >= 0.3 is 0 Å². The molecule has 0 unspecified atom stereocenters. The van der Waals surface area contributed by atoms with Crippen LogP contribution in [0.1, 0.15) is 5.56 Å². The zero-order valence-corrected chi connectivity index (χ0v) is 11.7. The number of methoxy groups -OCH3 is 1. The van der Waals surface area contributed by atoms with Crippen molar-refractivity contribution in [2.75, 3.05) is 13.7 Å². The van der Waals surface area contributed by atoms with Crippen LogP contribution in [0.5, 0.6) is 11.5 Å². The van der Waals surface area contributed by atoms with Crippen LogP contribution in [-0.4, -0.2) is 40.8 Å². The fourth-order valence-corrected chi connectivity index (χ4v) is 2.54. The van der Waals surface area contributed by atoms with E-state index in [4.69, 9.17) is 4.74 Å². The third-order valence-electron chi connectivity index (χ3n) is 2.66. The van der Waals surface area contributed by atoms with Crippen LogP contribution in [-0.2, 0) is 9.59 Å². The maximum absolute atomic E-state index is 11.9. The summed E-state index contributed by atoms with van der Waals surface area (Å²) in [5, 5.41) is 19.3. The van der Waals surface area contributed by atoms with Crippen LogP contribution in [0.3, 0.4) is 0 Å². The summed E-state index contributed by atoms with van der Waals surface area (Å²) in [7, 11) is 1.38. The van der Waals surface area contributed by atoms with E-state index in [2.05, 4.69) is 0 Å². The van der Waals surface area contributed by atoms with Crippen LogP contribution in [0.2, 0.25) is 0 Å². The molecule has 1 aliphatic heterocycles. The fourth-order valence-electron chi connectivity index (χ4n) is 1.70. The molecule has 0 radical (unpaired) electrons. The van der Waals surface area contributed by atoms with Crippen LogP contribution in [0.4, 0.5) is 4.79 Å². The number of carboxylic acid groups (broad SMARTS) is 1. The molecule has 0 bridgehead atoms. The van der Waals surface area contributed by atoms with Gasteiger partial charge in [-0.15, -0.1) is 0 Å². The highest BCUT2D eigenvalue weighted by atomic mass is 32.2. The topological polar surface area (TPSA) is 107 Å². The SMILES string of the molecule is COc1cc(/C=C2\SC(=O)N(CC(=O)[O-])C2=O)ccc1O. The number of imide groups is 1. The van der Waals surface area contributed by atoms with Crippen LogP contribution >= 0.6 is 11.8 Å². The van der Waals surface area contributed by atoms with Crippen LogP contribution in [0, 0.1) is 0 Å². The van der Waals surface area contributed by atoms with Crippen molar-refractivity contribution >= 4 is 35.0 Å². The zero-order valence-electron chi connectivity index (χ0n) is 10.9. The first-order valence-corrected chi connectivity index (χ1v) is 6.56. The zero-order chi connectivity index (χ0) is 15.6. The molecule has 0 aromatic heterocycles. The Kier molecular flexibility index (Phi) is 4.18. The summed E-state index contributed by atoms with van der Waals surface area (Å²) in [6.45, 7) is -0.777. The minimum absolute atomic E-state index is 0.0558. The number of ether oxygens (including phenoxy) is 1. The van der Waals surface area contributed by atoms with Gasteiger partial charge in [0.2, 0.25) is 0 Å². The summed E-state index contributed by atoms with van der Waals surface area (Å²) in [6, 6.07) is 4.41. The highest BCUT2D eigenvalue weighted by Crippen LogP contribution is 2.33. The summed E-state index contributed by atoms with van der Waals surface area (Å²) < 4.78 is 4.94. The predicted molar refractivity (Wildman–Crippen MR) is 72.3 cm³/mol. The number of phenols is 1. The van der Waals surface area contributed by atoms with E-state index in [1.807, 2.05) is 0 Å². The maximum Gasteiger partial charge on any atom is 0.293 e. The Morgan fingerprint density at radius 3 is 2.81 bits per heavy atom. The number of hydrogen-bond donors (Lipinski definition) is 1. The van der Waals surface area contributed by atoms with Gasteiger partial charge in [0.15, 0.2) is 11.5 Å². The average molecular weight is 308 g/mol. The van der Waals surface area contributed by atoms with Gasteiger partial charge in [0.05, 0.1) is 24.5 Å². The molecule has 1 aromatic rings. The molecule has 2 rings (SSSR count). The monoisotopic (exact) mass is 308 g/mol. The molecule has 1 N–H and O–H groups in total. The van der Waals surface area contributed by atoms with E-state index in [0.717, 1.165) is 0 Å². The van der Waals surface area contributed by atoms with Crippen LogP contribution in [0.15, 0.2) is 23.1 Å². The Morgan fingerprint density at radius 2 is 2.19 bits per heavy atom. The Balaban J connectivity index is 2.28. The number of phenolic OH excluding ortho intramolecular Hbond substituents is 1. The highest BCUT2D eigenvalue weighted by Gasteiger charge is 2.34. The Labute approximate surface area is 123 Å². The van der Waals surface area contributed by atoms with Crippen LogP contribution < -0.4 is 9.84 Å².